The van der Waals surface area contributed by atoms with Crippen molar-refractivity contribution in [2.75, 3.05) is 6.54 Å². The van der Waals surface area contributed by atoms with Gasteiger partial charge in [-0.15, -0.1) is 0 Å². The number of halogens is 2. The molecular formula is C9H10BrFN2O2S2. The second kappa shape index (κ2) is 5.85. The number of benzene rings is 1. The van der Waals surface area contributed by atoms with E-state index < -0.39 is 20.7 Å². The van der Waals surface area contributed by atoms with Crippen LogP contribution in [0.4, 0.5) is 4.39 Å². The van der Waals surface area contributed by atoms with Crippen LogP contribution in [0.1, 0.15) is 6.42 Å². The number of hydrogen-bond donors (Lipinski definition) is 2. The van der Waals surface area contributed by atoms with Gasteiger partial charge < -0.3 is 5.73 Å². The SMILES string of the molecule is NC(=S)CCNS(=O)(=O)c1ccc(Br)cc1F. The van der Waals surface area contributed by atoms with Crippen molar-refractivity contribution < 1.29 is 12.8 Å². The molecule has 0 aromatic heterocycles. The smallest absolute Gasteiger partial charge is 0.243 e. The number of nitrogens with one attached hydrogen (secondary N) is 1. The van der Waals surface area contributed by atoms with Crippen LogP contribution in [-0.4, -0.2) is 20.0 Å². The first-order valence-corrected chi connectivity index (χ1v) is 7.24. The first-order valence-electron chi connectivity index (χ1n) is 4.56. The van der Waals surface area contributed by atoms with Crippen molar-refractivity contribution in [3.8, 4) is 0 Å². The molecule has 0 aliphatic rings. The highest BCUT2D eigenvalue weighted by atomic mass is 79.9. The first kappa shape index (κ1) is 14.5. The summed E-state index contributed by atoms with van der Waals surface area (Å²) in [6, 6.07) is 3.72. The van der Waals surface area contributed by atoms with Gasteiger partial charge in [-0.2, -0.15) is 0 Å². The lowest BCUT2D eigenvalue weighted by Gasteiger charge is -2.07. The van der Waals surface area contributed by atoms with Gasteiger partial charge in [0, 0.05) is 17.4 Å². The largest absolute Gasteiger partial charge is 0.393 e. The summed E-state index contributed by atoms with van der Waals surface area (Å²) >= 11 is 7.65. The topological polar surface area (TPSA) is 72.2 Å². The lowest BCUT2D eigenvalue weighted by Crippen LogP contribution is -2.28. The van der Waals surface area contributed by atoms with Gasteiger partial charge in [0.05, 0.1) is 4.99 Å². The molecular weight excluding hydrogens is 331 g/mol. The van der Waals surface area contributed by atoms with Gasteiger partial charge in [-0.25, -0.2) is 17.5 Å². The van der Waals surface area contributed by atoms with Crippen LogP contribution in [0.2, 0.25) is 0 Å². The molecule has 0 aliphatic carbocycles. The van der Waals surface area contributed by atoms with Crippen molar-refractivity contribution in [3.05, 3.63) is 28.5 Å². The predicted octanol–water partition coefficient (Wildman–Crippen LogP) is 1.54. The molecule has 94 valence electrons. The van der Waals surface area contributed by atoms with Crippen molar-refractivity contribution in [2.45, 2.75) is 11.3 Å². The fourth-order valence-corrected chi connectivity index (χ4v) is 2.60. The Labute approximate surface area is 113 Å². The average Bonchev–Trinajstić information content (AvgIpc) is 2.15. The van der Waals surface area contributed by atoms with E-state index in [1.165, 1.54) is 12.1 Å². The second-order valence-electron chi connectivity index (χ2n) is 3.19. The number of sulfonamides is 1. The lowest BCUT2D eigenvalue weighted by atomic mass is 10.3. The molecule has 0 fully saturated rings. The molecule has 4 nitrogen and oxygen atoms in total. The van der Waals surface area contributed by atoms with E-state index in [1.807, 2.05) is 0 Å². The molecule has 8 heteroatoms. The molecule has 0 saturated heterocycles. The van der Waals surface area contributed by atoms with Crippen molar-refractivity contribution in [2.24, 2.45) is 5.73 Å². The molecule has 0 saturated carbocycles. The third-order valence-corrected chi connectivity index (χ3v) is 4.04. The summed E-state index contributed by atoms with van der Waals surface area (Å²) in [5, 5.41) is 0. The van der Waals surface area contributed by atoms with E-state index in [-0.39, 0.29) is 18.0 Å². The molecule has 0 atom stereocenters. The van der Waals surface area contributed by atoms with Crippen LogP contribution in [-0.2, 0) is 10.0 Å². The van der Waals surface area contributed by atoms with Crippen LogP contribution in [0.25, 0.3) is 0 Å². The van der Waals surface area contributed by atoms with Crippen LogP contribution in [0.5, 0.6) is 0 Å². The third kappa shape index (κ3) is 4.30. The van der Waals surface area contributed by atoms with Gasteiger partial charge >= 0.3 is 0 Å². The van der Waals surface area contributed by atoms with E-state index in [2.05, 4.69) is 32.9 Å². The summed E-state index contributed by atoms with van der Waals surface area (Å²) in [7, 11) is -3.86. The maximum Gasteiger partial charge on any atom is 0.243 e. The lowest BCUT2D eigenvalue weighted by molar-refractivity contribution is 0.557. The third-order valence-electron chi connectivity index (χ3n) is 1.85. The summed E-state index contributed by atoms with van der Waals surface area (Å²) < 4.78 is 39.5. The predicted molar refractivity (Wildman–Crippen MR) is 70.7 cm³/mol. The zero-order valence-electron chi connectivity index (χ0n) is 8.61. The van der Waals surface area contributed by atoms with E-state index in [0.717, 1.165) is 6.07 Å². The molecule has 0 bridgehead atoms. The van der Waals surface area contributed by atoms with Gasteiger partial charge in [-0.05, 0) is 18.2 Å². The molecule has 3 N–H and O–H groups in total. The van der Waals surface area contributed by atoms with Crippen LogP contribution in [0.15, 0.2) is 27.6 Å². The zero-order valence-corrected chi connectivity index (χ0v) is 11.8. The molecule has 0 unspecified atom stereocenters. The molecule has 1 aromatic rings. The number of hydrogen-bond acceptors (Lipinski definition) is 3. The van der Waals surface area contributed by atoms with Crippen molar-refractivity contribution in [1.29, 1.82) is 0 Å². The number of nitrogens with two attached hydrogens (primary N) is 1. The Balaban J connectivity index is 2.86. The van der Waals surface area contributed by atoms with Crippen molar-refractivity contribution in [1.82, 2.24) is 4.72 Å². The molecule has 0 radical (unpaired) electrons. The highest BCUT2D eigenvalue weighted by Crippen LogP contribution is 2.19. The second-order valence-corrected chi connectivity index (χ2v) is 6.36. The Hall–Kier alpha value is -0.570. The van der Waals surface area contributed by atoms with Crippen LogP contribution >= 0.6 is 28.1 Å². The number of thiocarbonyl (C=S) groups is 1. The normalized spacial score (nSPS) is 11.4. The Morgan fingerprint density at radius 3 is 2.71 bits per heavy atom. The van der Waals surface area contributed by atoms with Gasteiger partial charge in [-0.1, -0.05) is 28.1 Å². The minimum absolute atomic E-state index is 0.0488. The van der Waals surface area contributed by atoms with E-state index in [1.54, 1.807) is 0 Å². The van der Waals surface area contributed by atoms with E-state index >= 15 is 0 Å². The highest BCUT2D eigenvalue weighted by molar-refractivity contribution is 9.10. The molecule has 1 aromatic carbocycles. The Kier molecular flexibility index (Phi) is 4.99. The Morgan fingerprint density at radius 2 is 2.18 bits per heavy atom. The van der Waals surface area contributed by atoms with Gasteiger partial charge in [-0.3, -0.25) is 0 Å². The van der Waals surface area contributed by atoms with E-state index in [9.17, 15) is 12.8 Å². The molecule has 0 amide bonds. The van der Waals surface area contributed by atoms with E-state index in [4.69, 9.17) is 5.73 Å². The van der Waals surface area contributed by atoms with Gasteiger partial charge in [0.25, 0.3) is 0 Å². The Morgan fingerprint density at radius 1 is 1.53 bits per heavy atom. The van der Waals surface area contributed by atoms with Crippen LogP contribution in [0, 0.1) is 5.82 Å². The fraction of sp³-hybridized carbons (Fsp3) is 0.222. The summed E-state index contributed by atoms with van der Waals surface area (Å²) in [6.07, 6.45) is 0.229. The first-order chi connectivity index (χ1) is 7.83. The Bertz CT molecular complexity index is 534. The quantitative estimate of drug-likeness (QED) is 0.797. The molecule has 0 heterocycles. The summed E-state index contributed by atoms with van der Waals surface area (Å²) in [6.45, 7) is 0.0488. The zero-order chi connectivity index (χ0) is 13.1. The minimum atomic E-state index is -3.86. The summed E-state index contributed by atoms with van der Waals surface area (Å²) in [5.41, 5.74) is 5.23. The van der Waals surface area contributed by atoms with Crippen LogP contribution < -0.4 is 10.5 Å². The van der Waals surface area contributed by atoms with Crippen molar-refractivity contribution in [3.63, 3.8) is 0 Å². The monoisotopic (exact) mass is 340 g/mol. The standard InChI is InChI=1S/C9H10BrFN2O2S2/c10-6-1-2-8(7(11)5-6)17(14,15)13-4-3-9(12)16/h1-2,5,13H,3-4H2,(H2,12,16). The average molecular weight is 341 g/mol. The van der Waals surface area contributed by atoms with Gasteiger partial charge in [0.1, 0.15) is 10.7 Å². The molecule has 1 rings (SSSR count). The highest BCUT2D eigenvalue weighted by Gasteiger charge is 2.18. The fourth-order valence-electron chi connectivity index (χ4n) is 1.08. The van der Waals surface area contributed by atoms with Crippen molar-refractivity contribution >= 4 is 43.2 Å². The minimum Gasteiger partial charge on any atom is -0.393 e. The molecule has 0 aliphatic heterocycles. The maximum atomic E-state index is 13.4. The molecule has 17 heavy (non-hydrogen) atoms. The van der Waals surface area contributed by atoms with Crippen LogP contribution in [0.3, 0.4) is 0 Å². The maximum absolute atomic E-state index is 13.4. The van der Waals surface area contributed by atoms with E-state index in [0.29, 0.717) is 4.47 Å². The van der Waals surface area contributed by atoms with Gasteiger partial charge in [0.2, 0.25) is 10.0 Å². The summed E-state index contributed by atoms with van der Waals surface area (Å²) in [4.78, 5) is -0.201. The van der Waals surface area contributed by atoms with Gasteiger partial charge in [0.15, 0.2) is 0 Å². The number of rotatable bonds is 5. The summed E-state index contributed by atoms with van der Waals surface area (Å²) in [5.74, 6) is -0.817. The molecule has 0 spiro atoms.